The summed E-state index contributed by atoms with van der Waals surface area (Å²) in [6, 6.07) is 18.9. The third kappa shape index (κ3) is 11.2. The van der Waals surface area contributed by atoms with Crippen LogP contribution in [0.4, 0.5) is 17.1 Å². The maximum absolute atomic E-state index is 14.0. The summed E-state index contributed by atoms with van der Waals surface area (Å²) in [6.07, 6.45) is 0.524. The van der Waals surface area contributed by atoms with Crippen molar-refractivity contribution in [3.63, 3.8) is 0 Å². The van der Waals surface area contributed by atoms with Crippen LogP contribution in [0.3, 0.4) is 0 Å². The minimum absolute atomic E-state index is 0.0569. The monoisotopic (exact) mass is 911 g/mol. The van der Waals surface area contributed by atoms with Gasteiger partial charge in [-0.3, -0.25) is 24.1 Å². The van der Waals surface area contributed by atoms with Crippen molar-refractivity contribution in [2.75, 3.05) is 36.2 Å². The summed E-state index contributed by atoms with van der Waals surface area (Å²) in [4.78, 5) is 68.0. The molecule has 15 heteroatoms. The van der Waals surface area contributed by atoms with Crippen LogP contribution < -0.4 is 25.2 Å². The maximum atomic E-state index is 14.0. The van der Waals surface area contributed by atoms with Crippen molar-refractivity contribution < 1.29 is 28.7 Å². The van der Waals surface area contributed by atoms with E-state index in [0.29, 0.717) is 41.7 Å². The van der Waals surface area contributed by atoms with Crippen molar-refractivity contribution in [1.82, 2.24) is 20.5 Å². The predicted molar refractivity (Wildman–Crippen MR) is 257 cm³/mol. The molecule has 13 nitrogen and oxygen atoms in total. The van der Waals surface area contributed by atoms with E-state index < -0.39 is 28.9 Å². The number of carbonyl (C=O) groups excluding carboxylic acids is 4. The number of thiazole rings is 1. The van der Waals surface area contributed by atoms with Gasteiger partial charge in [0.1, 0.15) is 43.2 Å². The van der Waals surface area contributed by atoms with E-state index in [2.05, 4.69) is 44.1 Å². The Morgan fingerprint density at radius 2 is 1.69 bits per heavy atom. The van der Waals surface area contributed by atoms with E-state index in [1.807, 2.05) is 97.3 Å². The highest BCUT2D eigenvalue weighted by atomic mass is 32.1. The van der Waals surface area contributed by atoms with Gasteiger partial charge >= 0.3 is 0 Å². The number of ether oxygens (including phenoxy) is 2. The lowest BCUT2D eigenvalue weighted by atomic mass is 9.85. The Balaban J connectivity index is 0.943. The Kier molecular flexibility index (Phi) is 15.1. The summed E-state index contributed by atoms with van der Waals surface area (Å²) in [6.45, 7) is 22.8. The number of thiocarbonyl (C=S) groups is 1. The molecule has 2 aliphatic heterocycles. The second-order valence-electron chi connectivity index (χ2n) is 17.7. The Morgan fingerprint density at radius 1 is 1.02 bits per heavy atom. The number of amides is 4. The molecule has 3 aromatic carbocycles. The van der Waals surface area contributed by atoms with Crippen LogP contribution in [0.5, 0.6) is 5.75 Å². The molecule has 0 aliphatic carbocycles. The molecular formula is C50H53N7O6S2. The lowest BCUT2D eigenvalue weighted by Crippen LogP contribution is -2.58. The van der Waals surface area contributed by atoms with Crippen LogP contribution in [0, 0.1) is 55.4 Å². The first-order valence-electron chi connectivity index (χ1n) is 21.2. The Bertz CT molecular complexity index is 2620. The largest absolute Gasteiger partial charge is 0.481 e. The number of hydrogen-bond acceptors (Lipinski definition) is 9. The van der Waals surface area contributed by atoms with Gasteiger partial charge in [0.05, 0.1) is 22.7 Å². The average Bonchev–Trinajstić information content (AvgIpc) is 3.93. The third-order valence-corrected chi connectivity index (χ3v) is 12.6. The second-order valence-corrected chi connectivity index (χ2v) is 18.9. The fourth-order valence-electron chi connectivity index (χ4n) is 7.74. The molecule has 0 radical (unpaired) electrons. The first kappa shape index (κ1) is 47.9. The first-order chi connectivity index (χ1) is 30.9. The molecule has 3 heterocycles. The summed E-state index contributed by atoms with van der Waals surface area (Å²) in [7, 11) is 0. The van der Waals surface area contributed by atoms with E-state index in [1.54, 1.807) is 51.5 Å². The van der Waals surface area contributed by atoms with Crippen LogP contribution in [0.25, 0.3) is 15.3 Å². The number of benzene rings is 3. The van der Waals surface area contributed by atoms with E-state index in [0.717, 1.165) is 32.9 Å². The van der Waals surface area contributed by atoms with Crippen molar-refractivity contribution in [3.8, 4) is 39.9 Å². The van der Waals surface area contributed by atoms with Crippen molar-refractivity contribution in [3.05, 3.63) is 100 Å². The van der Waals surface area contributed by atoms with Gasteiger partial charge in [-0.05, 0) is 129 Å². The number of rotatable bonds is 13. The molecular weight excluding hydrogens is 859 g/mol. The van der Waals surface area contributed by atoms with Crippen molar-refractivity contribution >= 4 is 69.4 Å². The number of nitrogens with one attached hydrogen (secondary N) is 2. The van der Waals surface area contributed by atoms with Gasteiger partial charge in [-0.1, -0.05) is 63.9 Å². The quantitative estimate of drug-likeness (QED) is 0.0610. The average molecular weight is 912 g/mol. The van der Waals surface area contributed by atoms with E-state index in [4.69, 9.17) is 28.3 Å². The molecule has 1 aromatic heterocycles. The molecule has 0 spiro atoms. The number of nitrogens with zero attached hydrogens (tertiary/aromatic N) is 5. The Morgan fingerprint density at radius 3 is 2.32 bits per heavy atom. The van der Waals surface area contributed by atoms with Gasteiger partial charge in [-0.25, -0.2) is 9.83 Å². The lowest BCUT2D eigenvalue weighted by molar-refractivity contribution is -0.144. The molecule has 2 N–H and O–H groups in total. The summed E-state index contributed by atoms with van der Waals surface area (Å²) in [5.74, 6) is 10.5. The second kappa shape index (κ2) is 20.5. The normalized spacial score (nSPS) is 17.1. The van der Waals surface area contributed by atoms with Crippen LogP contribution in [0.15, 0.2) is 72.2 Å². The zero-order valence-electron chi connectivity index (χ0n) is 37.9. The van der Waals surface area contributed by atoms with Gasteiger partial charge in [0.25, 0.3) is 5.91 Å². The van der Waals surface area contributed by atoms with Crippen molar-refractivity contribution in [2.24, 2.45) is 11.3 Å². The van der Waals surface area contributed by atoms with Crippen LogP contribution in [0.1, 0.15) is 64.8 Å². The number of aromatic nitrogens is 1. The molecule has 4 amide bonds. The molecule has 2 aliphatic rings. The zero-order chi connectivity index (χ0) is 47.1. The number of aryl methyl sites for hydroxylation is 2. The lowest BCUT2D eigenvalue weighted by Gasteiger charge is -2.35. The molecule has 2 fully saturated rings. The summed E-state index contributed by atoms with van der Waals surface area (Å²) in [5, 5.41) is 6.20. The van der Waals surface area contributed by atoms with E-state index in [-0.39, 0.29) is 43.5 Å². The molecule has 65 heavy (non-hydrogen) atoms. The van der Waals surface area contributed by atoms with Crippen molar-refractivity contribution in [1.29, 1.82) is 0 Å². The molecule has 0 saturated carbocycles. The van der Waals surface area contributed by atoms with Gasteiger partial charge in [0, 0.05) is 24.5 Å². The van der Waals surface area contributed by atoms with Crippen LogP contribution >= 0.6 is 23.6 Å². The number of carbonyl (C=O) groups is 4. The van der Waals surface area contributed by atoms with E-state index in [9.17, 15) is 19.2 Å². The van der Waals surface area contributed by atoms with Gasteiger partial charge < -0.3 is 29.9 Å². The molecule has 0 unspecified atom stereocenters. The van der Waals surface area contributed by atoms with Gasteiger partial charge in [-0.2, -0.15) is 0 Å². The highest BCUT2D eigenvalue weighted by Crippen LogP contribution is 2.38. The van der Waals surface area contributed by atoms with Gasteiger partial charge in [0.2, 0.25) is 17.7 Å². The van der Waals surface area contributed by atoms with Crippen LogP contribution in [-0.2, 0) is 30.5 Å². The molecule has 6 rings (SSSR count). The highest BCUT2D eigenvalue weighted by Gasteiger charge is 2.50. The topological polar surface area (TPSA) is 138 Å². The molecule has 2 saturated heterocycles. The predicted octanol–water partition coefficient (Wildman–Crippen LogP) is 7.38. The van der Waals surface area contributed by atoms with Crippen molar-refractivity contribution in [2.45, 2.75) is 86.0 Å². The number of hydrogen-bond donors (Lipinski definition) is 2. The molecule has 336 valence electrons. The van der Waals surface area contributed by atoms with Crippen LogP contribution in [0.2, 0.25) is 0 Å². The minimum atomic E-state index is -0.952. The Hall–Kier alpha value is -6.57. The summed E-state index contributed by atoms with van der Waals surface area (Å²) >= 11 is 7.38. The summed E-state index contributed by atoms with van der Waals surface area (Å²) < 4.78 is 11.2. The van der Waals surface area contributed by atoms with E-state index >= 15 is 0 Å². The fraction of sp³-hybridized carbons (Fsp3) is 0.380. The summed E-state index contributed by atoms with van der Waals surface area (Å²) in [5.41, 5.74) is 5.83. The van der Waals surface area contributed by atoms with Gasteiger partial charge in [-0.15, -0.1) is 11.3 Å². The SMILES string of the molecule is [C-]#[N+]c1ccc(N2C(=O)C(C)(C)N(c3ccc(OCC#CC#CCOCC(=O)N[C@H](C(=O)N4C[C@H](C)C[C@H]4C(=O)NCc4ccc(-c5scnc5C)cc4)C(C)(C)C)cc3)C2=S)cc1C. The standard InChI is InChI=1S/C50H53N7O6S2/c1-32-26-41(45(59)52-28-35-14-16-36(17-15-35)43-34(3)53-31-65-43)55(29-32)46(60)44(49(4,5)6)54-42(58)30-62-24-12-10-11-13-25-63-39-21-18-37(19-22-39)57-48(64)56(47(61)50(57,7)8)38-20-23-40(51-9)33(2)27-38/h14-23,27,31-32,41,44H,24-26,28-30H2,1-8H3,(H,52,59)(H,54,58)/t32-,41+,44-/m1/s1. The van der Waals surface area contributed by atoms with Gasteiger partial charge in [0.15, 0.2) is 10.8 Å². The zero-order valence-corrected chi connectivity index (χ0v) is 39.5. The van der Waals surface area contributed by atoms with E-state index in [1.165, 1.54) is 4.90 Å². The van der Waals surface area contributed by atoms with Crippen LogP contribution in [-0.4, -0.2) is 82.6 Å². The first-order valence-corrected chi connectivity index (χ1v) is 22.5. The molecule has 4 aromatic rings. The third-order valence-electron chi connectivity index (χ3n) is 11.2. The fourth-order valence-corrected chi connectivity index (χ4v) is 9.08. The molecule has 3 atom stereocenters. The number of anilines is 2. The maximum Gasteiger partial charge on any atom is 0.259 e. The minimum Gasteiger partial charge on any atom is -0.481 e. The Labute approximate surface area is 390 Å². The highest BCUT2D eigenvalue weighted by molar-refractivity contribution is 7.81. The smallest absolute Gasteiger partial charge is 0.259 e. The molecule has 0 bridgehead atoms. The number of likely N-dealkylation sites (tertiary alicyclic amines) is 1.